The molecule has 0 N–H and O–H groups in total. The third-order valence-electron chi connectivity index (χ3n) is 3.12. The van der Waals surface area contributed by atoms with E-state index in [9.17, 15) is 9.18 Å². The van der Waals surface area contributed by atoms with Gasteiger partial charge < -0.3 is 4.74 Å². The SMILES string of the molecule is Cc1c([C@@H](C)OC(=O)c2ccc(F)cc2)sc2ncnn12. The Morgan fingerprint density at radius 2 is 2.10 bits per heavy atom. The summed E-state index contributed by atoms with van der Waals surface area (Å²) in [4.78, 5) is 17.8. The molecule has 1 aromatic carbocycles. The van der Waals surface area contributed by atoms with E-state index in [1.807, 2.05) is 6.92 Å². The van der Waals surface area contributed by atoms with Crippen LogP contribution < -0.4 is 0 Å². The standard InChI is InChI=1S/C14H12FN3O2S/c1-8-12(21-14-16-7-17-18(8)14)9(2)20-13(19)10-3-5-11(15)6-4-10/h3-7,9H,1-2H3/t9-/m1/s1. The Balaban J connectivity index is 1.80. The fourth-order valence-corrected chi connectivity index (χ4v) is 3.07. The van der Waals surface area contributed by atoms with Crippen LogP contribution in [0.2, 0.25) is 0 Å². The predicted molar refractivity (Wildman–Crippen MR) is 75.8 cm³/mol. The van der Waals surface area contributed by atoms with Gasteiger partial charge in [-0.2, -0.15) is 5.10 Å². The molecule has 108 valence electrons. The zero-order chi connectivity index (χ0) is 15.0. The number of rotatable bonds is 3. The monoisotopic (exact) mass is 305 g/mol. The van der Waals surface area contributed by atoms with E-state index in [4.69, 9.17) is 4.74 Å². The van der Waals surface area contributed by atoms with Crippen molar-refractivity contribution in [1.29, 1.82) is 0 Å². The molecule has 1 atom stereocenters. The number of aromatic nitrogens is 3. The van der Waals surface area contributed by atoms with Gasteiger partial charge in [-0.1, -0.05) is 11.3 Å². The first-order valence-electron chi connectivity index (χ1n) is 6.32. The number of carbonyl (C=O) groups is 1. The number of fused-ring (bicyclic) bond motifs is 1. The van der Waals surface area contributed by atoms with Crippen LogP contribution in [0.4, 0.5) is 4.39 Å². The van der Waals surface area contributed by atoms with Crippen molar-refractivity contribution in [3.05, 3.63) is 52.5 Å². The molecule has 0 aliphatic carbocycles. The number of esters is 1. The summed E-state index contributed by atoms with van der Waals surface area (Å²) in [6.45, 7) is 3.69. The maximum atomic E-state index is 12.8. The van der Waals surface area contributed by atoms with E-state index in [0.29, 0.717) is 5.56 Å². The van der Waals surface area contributed by atoms with Crippen molar-refractivity contribution in [2.75, 3.05) is 0 Å². The topological polar surface area (TPSA) is 56.5 Å². The molecule has 5 nitrogen and oxygen atoms in total. The van der Waals surface area contributed by atoms with Crippen molar-refractivity contribution in [3.63, 3.8) is 0 Å². The third-order valence-corrected chi connectivity index (χ3v) is 4.43. The number of halogens is 1. The summed E-state index contributed by atoms with van der Waals surface area (Å²) in [6.07, 6.45) is 1.06. The van der Waals surface area contributed by atoms with E-state index in [2.05, 4.69) is 10.1 Å². The minimum atomic E-state index is -0.485. The zero-order valence-corrected chi connectivity index (χ0v) is 12.2. The van der Waals surface area contributed by atoms with E-state index in [0.717, 1.165) is 15.5 Å². The number of ether oxygens (including phenoxy) is 1. The Hall–Kier alpha value is -2.28. The first kappa shape index (κ1) is 13.7. The largest absolute Gasteiger partial charge is 0.453 e. The Kier molecular flexibility index (Phi) is 3.42. The minimum Gasteiger partial charge on any atom is -0.453 e. The van der Waals surface area contributed by atoms with Gasteiger partial charge in [0, 0.05) is 0 Å². The molecule has 7 heteroatoms. The van der Waals surface area contributed by atoms with Gasteiger partial charge >= 0.3 is 5.97 Å². The number of aryl methyl sites for hydroxylation is 1. The molecule has 0 spiro atoms. The Morgan fingerprint density at radius 3 is 2.76 bits per heavy atom. The normalized spacial score (nSPS) is 12.5. The van der Waals surface area contributed by atoms with Crippen LogP contribution in [0.1, 0.15) is 34.0 Å². The van der Waals surface area contributed by atoms with Crippen molar-refractivity contribution in [2.45, 2.75) is 20.0 Å². The molecule has 2 aromatic heterocycles. The molecule has 3 aromatic rings. The summed E-state index contributed by atoms with van der Waals surface area (Å²) >= 11 is 1.43. The molecule has 0 saturated heterocycles. The third kappa shape index (κ3) is 2.52. The quantitative estimate of drug-likeness (QED) is 0.697. The summed E-state index contributed by atoms with van der Waals surface area (Å²) in [5, 5.41) is 4.10. The highest BCUT2D eigenvalue weighted by Crippen LogP contribution is 2.29. The number of benzene rings is 1. The van der Waals surface area contributed by atoms with Crippen LogP contribution in [-0.2, 0) is 4.74 Å². The van der Waals surface area contributed by atoms with Crippen LogP contribution in [0, 0.1) is 12.7 Å². The average molecular weight is 305 g/mol. The van der Waals surface area contributed by atoms with Crippen LogP contribution in [0.5, 0.6) is 0 Å². The molecule has 0 saturated carbocycles. The number of hydrogen-bond acceptors (Lipinski definition) is 5. The Bertz CT molecular complexity index is 794. The molecular formula is C14H12FN3O2S. The fourth-order valence-electron chi connectivity index (χ4n) is 2.05. The van der Waals surface area contributed by atoms with Crippen molar-refractivity contribution < 1.29 is 13.9 Å². The molecule has 21 heavy (non-hydrogen) atoms. The molecule has 0 radical (unpaired) electrons. The van der Waals surface area contributed by atoms with Gasteiger partial charge in [-0.15, -0.1) is 0 Å². The van der Waals surface area contributed by atoms with E-state index in [1.165, 1.54) is 41.9 Å². The molecule has 0 fully saturated rings. The van der Waals surface area contributed by atoms with Gasteiger partial charge in [0.1, 0.15) is 18.2 Å². The minimum absolute atomic E-state index is 0.320. The smallest absolute Gasteiger partial charge is 0.338 e. The summed E-state index contributed by atoms with van der Waals surface area (Å²) in [6, 6.07) is 5.27. The Labute approximate surface area is 124 Å². The lowest BCUT2D eigenvalue weighted by Gasteiger charge is -2.12. The van der Waals surface area contributed by atoms with Crippen LogP contribution in [0.25, 0.3) is 4.96 Å². The van der Waals surface area contributed by atoms with E-state index in [1.54, 1.807) is 11.4 Å². The van der Waals surface area contributed by atoms with Crippen molar-refractivity contribution in [3.8, 4) is 0 Å². The summed E-state index contributed by atoms with van der Waals surface area (Å²) < 4.78 is 20.0. The number of hydrogen-bond donors (Lipinski definition) is 0. The summed E-state index contributed by atoms with van der Waals surface area (Å²) in [5.41, 5.74) is 1.22. The van der Waals surface area contributed by atoms with Gasteiger partial charge in [0.25, 0.3) is 0 Å². The van der Waals surface area contributed by atoms with Gasteiger partial charge in [0.15, 0.2) is 0 Å². The van der Waals surface area contributed by atoms with Crippen LogP contribution >= 0.6 is 11.3 Å². The summed E-state index contributed by atoms with van der Waals surface area (Å²) in [5.74, 6) is -0.873. The Morgan fingerprint density at radius 1 is 1.38 bits per heavy atom. The second kappa shape index (κ2) is 5.25. The second-order valence-corrected chi connectivity index (χ2v) is 5.57. The summed E-state index contributed by atoms with van der Waals surface area (Å²) in [7, 11) is 0. The van der Waals surface area contributed by atoms with Gasteiger partial charge in [-0.3, -0.25) is 0 Å². The predicted octanol–water partition coefficient (Wildman–Crippen LogP) is 3.16. The van der Waals surface area contributed by atoms with Gasteiger partial charge in [0.2, 0.25) is 4.96 Å². The van der Waals surface area contributed by atoms with Gasteiger partial charge in [0.05, 0.1) is 16.1 Å². The van der Waals surface area contributed by atoms with Crippen molar-refractivity contribution >= 4 is 22.3 Å². The maximum absolute atomic E-state index is 12.8. The number of carbonyl (C=O) groups excluding carboxylic acids is 1. The highest BCUT2D eigenvalue weighted by molar-refractivity contribution is 7.17. The lowest BCUT2D eigenvalue weighted by atomic mass is 10.2. The van der Waals surface area contributed by atoms with Gasteiger partial charge in [-0.05, 0) is 38.1 Å². The molecule has 0 amide bonds. The lowest BCUT2D eigenvalue weighted by molar-refractivity contribution is 0.0343. The zero-order valence-electron chi connectivity index (χ0n) is 11.4. The lowest BCUT2D eigenvalue weighted by Crippen LogP contribution is -2.09. The van der Waals surface area contributed by atoms with E-state index < -0.39 is 12.1 Å². The number of thiazole rings is 1. The fraction of sp³-hybridized carbons (Fsp3) is 0.214. The molecule has 0 aliphatic heterocycles. The first-order chi connectivity index (χ1) is 10.1. The average Bonchev–Trinajstić information content (AvgIpc) is 3.03. The number of nitrogens with zero attached hydrogens (tertiary/aromatic N) is 3. The molecule has 0 bridgehead atoms. The second-order valence-electron chi connectivity index (χ2n) is 4.56. The maximum Gasteiger partial charge on any atom is 0.338 e. The van der Waals surface area contributed by atoms with Crippen molar-refractivity contribution in [1.82, 2.24) is 14.6 Å². The van der Waals surface area contributed by atoms with E-state index >= 15 is 0 Å². The van der Waals surface area contributed by atoms with Crippen LogP contribution in [0.15, 0.2) is 30.6 Å². The highest BCUT2D eigenvalue weighted by atomic mass is 32.1. The molecule has 3 rings (SSSR count). The van der Waals surface area contributed by atoms with Gasteiger partial charge in [-0.25, -0.2) is 18.7 Å². The van der Waals surface area contributed by atoms with E-state index in [-0.39, 0.29) is 5.82 Å². The molecule has 0 aliphatic rings. The van der Waals surface area contributed by atoms with Crippen LogP contribution in [0.3, 0.4) is 0 Å². The molecular weight excluding hydrogens is 293 g/mol. The van der Waals surface area contributed by atoms with Crippen molar-refractivity contribution in [2.24, 2.45) is 0 Å². The molecule has 2 heterocycles. The highest BCUT2D eigenvalue weighted by Gasteiger charge is 2.20. The molecule has 0 unspecified atom stereocenters. The first-order valence-corrected chi connectivity index (χ1v) is 7.13. The van der Waals surface area contributed by atoms with Crippen LogP contribution in [-0.4, -0.2) is 20.6 Å².